The van der Waals surface area contributed by atoms with Crippen LogP contribution in [0.1, 0.15) is 59.8 Å². The highest BCUT2D eigenvalue weighted by Gasteiger charge is 2.32. The molecule has 4 amide bonds. The van der Waals surface area contributed by atoms with Crippen molar-refractivity contribution in [1.29, 1.82) is 0 Å². The Bertz CT molecular complexity index is 764. The van der Waals surface area contributed by atoms with Crippen LogP contribution in [-0.4, -0.2) is 89.2 Å². The minimum Gasteiger partial charge on any atom is -0.480 e. The summed E-state index contributed by atoms with van der Waals surface area (Å²) < 4.78 is 0. The molecule has 0 aromatic heterocycles. The Kier molecular flexibility index (Phi) is 16.3. The van der Waals surface area contributed by atoms with Gasteiger partial charge in [0.25, 0.3) is 0 Å². The molecule has 0 spiro atoms. The molecule has 0 fully saturated rings. The molecule has 0 unspecified atom stereocenters. The van der Waals surface area contributed by atoms with Gasteiger partial charge in [0.05, 0.1) is 12.1 Å². The van der Waals surface area contributed by atoms with Gasteiger partial charge in [-0.3, -0.25) is 19.2 Å². The molecule has 214 valence electrons. The second-order valence-electron chi connectivity index (χ2n) is 9.43. The highest BCUT2D eigenvalue weighted by Crippen LogP contribution is 2.08. The molecule has 14 heteroatoms. The van der Waals surface area contributed by atoms with Crippen molar-refractivity contribution in [3.63, 3.8) is 0 Å². The first kappa shape index (κ1) is 34.2. The standard InChI is InChI=1S/C23H45N7O7/c1-5-6-15(27-22(35)17(11-12(2)3)29-19(32)14(26)7-9-24)20(33)28-16(8-10-25)21(34)30-18(13(4)31)23(36)37/h12-18,31H,5-11,24-26H2,1-4H3,(H,27,35)(H,28,33)(H,29,32)(H,30,34)(H,36,37)/t13-,14+,15+,16+,17-,18+/m1/s1. The summed E-state index contributed by atoms with van der Waals surface area (Å²) in [6.45, 7) is 6.96. The van der Waals surface area contributed by atoms with Crippen LogP contribution in [0.4, 0.5) is 0 Å². The molecule has 0 aliphatic carbocycles. The van der Waals surface area contributed by atoms with Crippen LogP contribution >= 0.6 is 0 Å². The zero-order valence-corrected chi connectivity index (χ0v) is 22.2. The zero-order valence-electron chi connectivity index (χ0n) is 22.2. The molecule has 0 heterocycles. The van der Waals surface area contributed by atoms with Gasteiger partial charge in [-0.1, -0.05) is 27.2 Å². The summed E-state index contributed by atoms with van der Waals surface area (Å²) in [5, 5.41) is 28.8. The average Bonchev–Trinajstić information content (AvgIpc) is 2.80. The van der Waals surface area contributed by atoms with Crippen molar-refractivity contribution in [2.24, 2.45) is 23.1 Å². The Morgan fingerprint density at radius 3 is 1.62 bits per heavy atom. The fourth-order valence-corrected chi connectivity index (χ4v) is 3.47. The van der Waals surface area contributed by atoms with Gasteiger partial charge in [-0.15, -0.1) is 0 Å². The lowest BCUT2D eigenvalue weighted by Gasteiger charge is -2.27. The molecule has 0 bridgehead atoms. The maximum Gasteiger partial charge on any atom is 0.328 e. The van der Waals surface area contributed by atoms with Gasteiger partial charge in [0.15, 0.2) is 6.04 Å². The maximum absolute atomic E-state index is 13.1. The van der Waals surface area contributed by atoms with Crippen LogP contribution in [-0.2, 0) is 24.0 Å². The average molecular weight is 532 g/mol. The van der Waals surface area contributed by atoms with Gasteiger partial charge in [-0.05, 0) is 51.6 Å². The van der Waals surface area contributed by atoms with E-state index >= 15 is 0 Å². The minimum absolute atomic E-state index is 0.00113. The summed E-state index contributed by atoms with van der Waals surface area (Å²) in [5.41, 5.74) is 16.8. The lowest BCUT2D eigenvalue weighted by molar-refractivity contribution is -0.145. The van der Waals surface area contributed by atoms with Crippen LogP contribution < -0.4 is 38.5 Å². The van der Waals surface area contributed by atoms with E-state index in [-0.39, 0.29) is 38.3 Å². The number of nitrogens with one attached hydrogen (secondary N) is 4. The van der Waals surface area contributed by atoms with Crippen LogP contribution in [0, 0.1) is 5.92 Å². The third kappa shape index (κ3) is 12.8. The summed E-state index contributed by atoms with van der Waals surface area (Å²) in [6.07, 6.45) is -0.116. The maximum atomic E-state index is 13.1. The fraction of sp³-hybridized carbons (Fsp3) is 0.783. The first-order valence-corrected chi connectivity index (χ1v) is 12.6. The van der Waals surface area contributed by atoms with Crippen molar-refractivity contribution in [2.45, 2.75) is 96.1 Å². The number of amides is 4. The van der Waals surface area contributed by atoms with Crippen molar-refractivity contribution < 1.29 is 34.2 Å². The molecule has 0 radical (unpaired) electrons. The molecule has 0 saturated heterocycles. The van der Waals surface area contributed by atoms with Gasteiger partial charge in [-0.25, -0.2) is 4.79 Å². The van der Waals surface area contributed by atoms with E-state index in [0.29, 0.717) is 12.8 Å². The molecule has 0 aliphatic heterocycles. The number of carbonyl (C=O) groups is 5. The Balaban J connectivity index is 5.57. The first-order chi connectivity index (χ1) is 17.3. The zero-order chi connectivity index (χ0) is 28.7. The number of rotatable bonds is 18. The van der Waals surface area contributed by atoms with E-state index in [0.717, 1.165) is 0 Å². The number of aliphatic hydroxyl groups excluding tert-OH is 1. The molecule has 0 rings (SSSR count). The number of aliphatic hydroxyl groups is 1. The summed E-state index contributed by atoms with van der Waals surface area (Å²) in [6, 6.07) is -5.65. The van der Waals surface area contributed by atoms with Crippen molar-refractivity contribution in [3.05, 3.63) is 0 Å². The van der Waals surface area contributed by atoms with Crippen LogP contribution in [0.15, 0.2) is 0 Å². The third-order valence-corrected chi connectivity index (χ3v) is 5.50. The predicted octanol–water partition coefficient (Wildman–Crippen LogP) is -2.74. The Morgan fingerprint density at radius 2 is 1.19 bits per heavy atom. The lowest BCUT2D eigenvalue weighted by Crippen LogP contribution is -2.59. The molecule has 0 saturated carbocycles. The Hall–Kier alpha value is -2.81. The van der Waals surface area contributed by atoms with Crippen molar-refractivity contribution in [2.75, 3.05) is 13.1 Å². The minimum atomic E-state index is -1.58. The van der Waals surface area contributed by atoms with E-state index in [2.05, 4.69) is 21.3 Å². The van der Waals surface area contributed by atoms with Crippen molar-refractivity contribution >= 4 is 29.6 Å². The molecule has 12 N–H and O–H groups in total. The number of carboxylic acid groups (broad SMARTS) is 1. The lowest BCUT2D eigenvalue weighted by atomic mass is 10.0. The topological polar surface area (TPSA) is 252 Å². The van der Waals surface area contributed by atoms with E-state index < -0.39 is 65.9 Å². The number of nitrogens with two attached hydrogens (primary N) is 3. The van der Waals surface area contributed by atoms with Gasteiger partial charge in [0.2, 0.25) is 23.6 Å². The number of carboxylic acids is 1. The molecular weight excluding hydrogens is 486 g/mol. The molecule has 0 aromatic carbocycles. The summed E-state index contributed by atoms with van der Waals surface area (Å²) in [7, 11) is 0. The van der Waals surface area contributed by atoms with Gasteiger partial charge >= 0.3 is 5.97 Å². The molecular formula is C23H45N7O7. The Morgan fingerprint density at radius 1 is 0.730 bits per heavy atom. The van der Waals surface area contributed by atoms with Crippen LogP contribution in [0.5, 0.6) is 0 Å². The largest absolute Gasteiger partial charge is 0.480 e. The summed E-state index contributed by atoms with van der Waals surface area (Å²) >= 11 is 0. The van der Waals surface area contributed by atoms with Crippen LogP contribution in [0.25, 0.3) is 0 Å². The predicted molar refractivity (Wildman–Crippen MR) is 137 cm³/mol. The number of carbonyl (C=O) groups excluding carboxylic acids is 4. The number of hydrogen-bond acceptors (Lipinski definition) is 9. The van der Waals surface area contributed by atoms with Gasteiger partial charge < -0.3 is 48.7 Å². The molecule has 0 aromatic rings. The van der Waals surface area contributed by atoms with E-state index in [1.165, 1.54) is 6.92 Å². The third-order valence-electron chi connectivity index (χ3n) is 5.50. The summed E-state index contributed by atoms with van der Waals surface area (Å²) in [4.78, 5) is 62.4. The second kappa shape index (κ2) is 17.6. The van der Waals surface area contributed by atoms with E-state index in [1.807, 2.05) is 13.8 Å². The molecule has 37 heavy (non-hydrogen) atoms. The second-order valence-corrected chi connectivity index (χ2v) is 9.43. The fourth-order valence-electron chi connectivity index (χ4n) is 3.47. The van der Waals surface area contributed by atoms with E-state index in [1.54, 1.807) is 6.92 Å². The van der Waals surface area contributed by atoms with Crippen molar-refractivity contribution in [1.82, 2.24) is 21.3 Å². The molecule has 14 nitrogen and oxygen atoms in total. The highest BCUT2D eigenvalue weighted by atomic mass is 16.4. The van der Waals surface area contributed by atoms with Crippen molar-refractivity contribution in [3.8, 4) is 0 Å². The highest BCUT2D eigenvalue weighted by molar-refractivity contribution is 5.95. The quantitative estimate of drug-likeness (QED) is 0.0882. The monoisotopic (exact) mass is 531 g/mol. The first-order valence-electron chi connectivity index (χ1n) is 12.6. The molecule has 0 aliphatic rings. The van der Waals surface area contributed by atoms with E-state index in [4.69, 9.17) is 17.2 Å². The van der Waals surface area contributed by atoms with Gasteiger partial charge in [-0.2, -0.15) is 0 Å². The van der Waals surface area contributed by atoms with Gasteiger partial charge in [0.1, 0.15) is 18.1 Å². The van der Waals surface area contributed by atoms with Gasteiger partial charge in [0, 0.05) is 0 Å². The Labute approximate surface area is 217 Å². The molecule has 6 atom stereocenters. The number of hydrogen-bond donors (Lipinski definition) is 9. The normalized spacial score (nSPS) is 16.0. The number of aliphatic carboxylic acids is 1. The summed E-state index contributed by atoms with van der Waals surface area (Å²) in [5.74, 6) is -4.05. The smallest absolute Gasteiger partial charge is 0.328 e. The van der Waals surface area contributed by atoms with Crippen LogP contribution in [0.3, 0.4) is 0 Å². The van der Waals surface area contributed by atoms with Crippen LogP contribution in [0.2, 0.25) is 0 Å². The SMILES string of the molecule is CCC[C@H](NC(=O)[C@@H](CC(C)C)NC(=O)[C@@H](N)CCN)C(=O)N[C@@H](CCN)C(=O)N[C@H](C(=O)O)[C@@H](C)O. The van der Waals surface area contributed by atoms with E-state index in [9.17, 15) is 34.2 Å².